The van der Waals surface area contributed by atoms with Gasteiger partial charge in [-0.2, -0.15) is 10.2 Å². The summed E-state index contributed by atoms with van der Waals surface area (Å²) in [4.78, 5) is 16.3. The highest BCUT2D eigenvalue weighted by Gasteiger charge is 2.28. The molecule has 1 amide bonds. The van der Waals surface area contributed by atoms with E-state index in [0.29, 0.717) is 46.8 Å². The number of phenols is 2. The molecule has 0 spiro atoms. The Balaban J connectivity index is 1.73. The number of aromatic hydroxyl groups is 2. The molecule has 9 nitrogen and oxygen atoms in total. The Bertz CT molecular complexity index is 1790. The van der Waals surface area contributed by atoms with Crippen LogP contribution >= 0.6 is 11.6 Å². The molecule has 0 unspecified atom stereocenters. The predicted molar refractivity (Wildman–Crippen MR) is 236 cm³/mol. The summed E-state index contributed by atoms with van der Waals surface area (Å²) in [5.74, 6) is -0.418. The smallest absolute Gasteiger partial charge is 0.261 e. The van der Waals surface area contributed by atoms with Gasteiger partial charge in [0.2, 0.25) is 0 Å². The molecule has 0 heterocycles. The normalized spacial score (nSPS) is 11.8. The molecule has 0 saturated heterocycles. The molecule has 0 saturated carbocycles. The van der Waals surface area contributed by atoms with Crippen molar-refractivity contribution in [2.45, 2.75) is 168 Å². The van der Waals surface area contributed by atoms with Crippen molar-refractivity contribution >= 4 is 44.6 Å². The molecule has 0 aliphatic rings. The Morgan fingerprint density at radius 3 is 1.54 bits per heavy atom. The van der Waals surface area contributed by atoms with Crippen LogP contribution in [0.15, 0.2) is 57.6 Å². The average molecular weight is 826 g/mol. The van der Waals surface area contributed by atoms with Gasteiger partial charge < -0.3 is 15.1 Å². The van der Waals surface area contributed by atoms with Crippen LogP contribution in [-0.2, 0) is 10.0 Å². The fourth-order valence-electron chi connectivity index (χ4n) is 7.16. The van der Waals surface area contributed by atoms with Gasteiger partial charge in [0.25, 0.3) is 15.9 Å². The second-order valence-corrected chi connectivity index (χ2v) is 17.7. The molecule has 0 fully saturated rings. The number of rotatable bonds is 28. The second kappa shape index (κ2) is 25.7. The number of benzene rings is 3. The fraction of sp³-hybridized carbons (Fsp3) is 0.587. The molecule has 0 atom stereocenters. The SMILES string of the molecule is CCCCCCCCCCCCN(CCCCCCCCCCCC)C(=O)c1c(C)c(NS(=O)(=O)c2ccc(N=Nc3ccc(O)c(Cl)c3)cc2)c(C)c(C)c1O. The van der Waals surface area contributed by atoms with Crippen LogP contribution in [0.5, 0.6) is 11.5 Å². The zero-order valence-electron chi connectivity index (χ0n) is 35.3. The lowest BCUT2D eigenvalue weighted by Gasteiger charge is -2.26. The third-order valence-electron chi connectivity index (χ3n) is 10.9. The number of anilines is 1. The van der Waals surface area contributed by atoms with Crippen molar-refractivity contribution in [2.24, 2.45) is 10.2 Å². The maximum atomic E-state index is 14.4. The number of nitrogens with zero attached hydrogens (tertiary/aromatic N) is 3. The van der Waals surface area contributed by atoms with E-state index in [9.17, 15) is 23.4 Å². The molecule has 3 aromatic rings. The summed E-state index contributed by atoms with van der Waals surface area (Å²) >= 11 is 5.96. The first-order valence-corrected chi connectivity index (χ1v) is 23.4. The summed E-state index contributed by atoms with van der Waals surface area (Å²) in [5, 5.41) is 29.5. The van der Waals surface area contributed by atoms with Gasteiger partial charge in [-0.25, -0.2) is 8.42 Å². The molecular formula is C46H69ClN4O5S. The van der Waals surface area contributed by atoms with Crippen molar-refractivity contribution in [2.75, 3.05) is 17.8 Å². The van der Waals surface area contributed by atoms with Crippen LogP contribution in [0.4, 0.5) is 17.1 Å². The molecule has 0 aliphatic heterocycles. The second-order valence-electron chi connectivity index (χ2n) is 15.6. The minimum atomic E-state index is -4.08. The van der Waals surface area contributed by atoms with Crippen molar-refractivity contribution in [3.63, 3.8) is 0 Å². The van der Waals surface area contributed by atoms with E-state index in [1.807, 2.05) is 4.90 Å². The van der Waals surface area contributed by atoms with E-state index >= 15 is 0 Å². The Labute approximate surface area is 348 Å². The van der Waals surface area contributed by atoms with E-state index in [-0.39, 0.29) is 32.9 Å². The highest BCUT2D eigenvalue weighted by atomic mass is 35.5. The summed E-state index contributed by atoms with van der Waals surface area (Å²) in [5.41, 5.74) is 2.71. The summed E-state index contributed by atoms with van der Waals surface area (Å²) in [7, 11) is -4.08. The first-order valence-electron chi connectivity index (χ1n) is 21.6. The number of carbonyl (C=O) groups excluding carboxylic acids is 1. The summed E-state index contributed by atoms with van der Waals surface area (Å²) < 4.78 is 30.2. The number of sulfonamides is 1. The Kier molecular flexibility index (Phi) is 21.5. The topological polar surface area (TPSA) is 132 Å². The standard InChI is InChI=1S/C46H69ClN4O5S/c1-6-8-10-12-14-16-18-20-22-24-32-51(33-25-23-21-19-17-15-13-11-9-7-2)46(54)43-37(5)44(35(3)36(4)45(43)53)50-57(55,56)40-29-26-38(27-30-40)48-49-39-28-31-42(52)41(47)34-39/h26-31,34,50,52-53H,6-25,32-33H2,1-5H3. The highest BCUT2D eigenvalue weighted by molar-refractivity contribution is 7.92. The maximum absolute atomic E-state index is 14.4. The number of hydrogen-bond acceptors (Lipinski definition) is 7. The van der Waals surface area contributed by atoms with Crippen molar-refractivity contribution in [3.05, 3.63) is 69.7 Å². The minimum Gasteiger partial charge on any atom is -0.507 e. The predicted octanol–water partition coefficient (Wildman–Crippen LogP) is 14.2. The monoisotopic (exact) mass is 824 g/mol. The van der Waals surface area contributed by atoms with Gasteiger partial charge in [-0.15, -0.1) is 0 Å². The Morgan fingerprint density at radius 2 is 1.07 bits per heavy atom. The Hall–Kier alpha value is -3.63. The van der Waals surface area contributed by atoms with Crippen molar-refractivity contribution in [1.29, 1.82) is 0 Å². The van der Waals surface area contributed by atoms with Crippen LogP contribution in [0.3, 0.4) is 0 Å². The van der Waals surface area contributed by atoms with Gasteiger partial charge in [-0.1, -0.05) is 141 Å². The van der Waals surface area contributed by atoms with E-state index in [0.717, 1.165) is 38.5 Å². The van der Waals surface area contributed by atoms with Gasteiger partial charge >= 0.3 is 0 Å². The lowest BCUT2D eigenvalue weighted by Crippen LogP contribution is -2.34. The molecule has 316 valence electrons. The average Bonchev–Trinajstić information content (AvgIpc) is 3.20. The van der Waals surface area contributed by atoms with Crippen LogP contribution in [0.2, 0.25) is 5.02 Å². The first-order chi connectivity index (χ1) is 27.4. The molecule has 0 bridgehead atoms. The van der Waals surface area contributed by atoms with Gasteiger partial charge in [-0.05, 0) is 92.8 Å². The van der Waals surface area contributed by atoms with Crippen molar-refractivity contribution in [1.82, 2.24) is 4.90 Å². The number of phenolic OH excluding ortho intramolecular Hbond substituents is 2. The van der Waals surface area contributed by atoms with Gasteiger partial charge in [0.05, 0.1) is 32.5 Å². The lowest BCUT2D eigenvalue weighted by molar-refractivity contribution is 0.0745. The summed E-state index contributed by atoms with van der Waals surface area (Å²) in [6.45, 7) is 10.9. The fourth-order valence-corrected chi connectivity index (χ4v) is 8.53. The van der Waals surface area contributed by atoms with Crippen LogP contribution < -0.4 is 4.72 Å². The summed E-state index contributed by atoms with van der Waals surface area (Å²) in [6, 6.07) is 10.4. The number of unbranched alkanes of at least 4 members (excludes halogenated alkanes) is 18. The van der Waals surface area contributed by atoms with E-state index < -0.39 is 10.0 Å². The molecular weight excluding hydrogens is 756 g/mol. The molecule has 3 aromatic carbocycles. The molecule has 0 aromatic heterocycles. The molecule has 0 radical (unpaired) electrons. The van der Waals surface area contributed by atoms with Crippen LogP contribution in [0, 0.1) is 20.8 Å². The van der Waals surface area contributed by atoms with Crippen LogP contribution in [0.25, 0.3) is 0 Å². The highest BCUT2D eigenvalue weighted by Crippen LogP contribution is 2.38. The Morgan fingerprint density at radius 1 is 0.632 bits per heavy atom. The largest absolute Gasteiger partial charge is 0.507 e. The zero-order chi connectivity index (χ0) is 41.6. The number of carbonyl (C=O) groups is 1. The quantitative estimate of drug-likeness (QED) is 0.0381. The van der Waals surface area contributed by atoms with Gasteiger partial charge in [-0.3, -0.25) is 9.52 Å². The summed E-state index contributed by atoms with van der Waals surface area (Å²) in [6.07, 6.45) is 24.1. The number of amides is 1. The van der Waals surface area contributed by atoms with Crippen LogP contribution in [0.1, 0.15) is 169 Å². The van der Waals surface area contributed by atoms with Gasteiger partial charge in [0.15, 0.2) is 0 Å². The minimum absolute atomic E-state index is 0.00933. The molecule has 3 N–H and O–H groups in total. The zero-order valence-corrected chi connectivity index (χ0v) is 36.9. The maximum Gasteiger partial charge on any atom is 0.261 e. The number of nitrogens with one attached hydrogen (secondary N) is 1. The lowest BCUT2D eigenvalue weighted by atomic mass is 9.95. The molecule has 3 rings (SSSR count). The first kappa shape index (κ1) is 47.7. The van der Waals surface area contributed by atoms with Crippen LogP contribution in [-0.4, -0.2) is 42.5 Å². The third-order valence-corrected chi connectivity index (χ3v) is 12.6. The van der Waals surface area contributed by atoms with E-state index in [1.165, 1.54) is 126 Å². The number of halogens is 1. The third kappa shape index (κ3) is 15.9. The van der Waals surface area contributed by atoms with Gasteiger partial charge in [0, 0.05) is 13.1 Å². The van der Waals surface area contributed by atoms with E-state index in [1.54, 1.807) is 26.8 Å². The van der Waals surface area contributed by atoms with Crippen molar-refractivity contribution < 1.29 is 23.4 Å². The molecule has 11 heteroatoms. The van der Waals surface area contributed by atoms with Gasteiger partial charge in [0.1, 0.15) is 11.5 Å². The number of hydrogen-bond donors (Lipinski definition) is 3. The van der Waals surface area contributed by atoms with E-state index in [4.69, 9.17) is 11.6 Å². The molecule has 57 heavy (non-hydrogen) atoms. The molecule has 0 aliphatic carbocycles. The van der Waals surface area contributed by atoms with Crippen molar-refractivity contribution in [3.8, 4) is 11.5 Å². The number of azo groups is 1. The van der Waals surface area contributed by atoms with E-state index in [2.05, 4.69) is 28.8 Å².